The summed E-state index contributed by atoms with van der Waals surface area (Å²) in [5.74, 6) is 2.48. The molecule has 0 spiro atoms. The van der Waals surface area contributed by atoms with Crippen molar-refractivity contribution in [3.8, 4) is 12.3 Å². The van der Waals surface area contributed by atoms with Crippen LogP contribution in [0, 0.1) is 12.3 Å². The largest absolute Gasteiger partial charge is 0.472 e. The molecular formula is C36H72BO24P3. The first-order chi connectivity index (χ1) is 30.9. The molecule has 1 saturated heterocycles. The summed E-state index contributed by atoms with van der Waals surface area (Å²) in [5.41, 5.74) is 0. The molecule has 3 N–H and O–H groups in total. The van der Waals surface area contributed by atoms with E-state index in [9.17, 15) is 28.4 Å². The average molecular weight is 993 g/mol. The quantitative estimate of drug-likeness (QED) is 0.0333. The summed E-state index contributed by atoms with van der Waals surface area (Å²) in [6.07, 6.45) is 7.04. The predicted octanol–water partition coefficient (Wildman–Crippen LogP) is 1.12. The van der Waals surface area contributed by atoms with E-state index in [1.54, 1.807) is 7.11 Å². The van der Waals surface area contributed by atoms with Crippen LogP contribution in [0.2, 0.25) is 0 Å². The molecule has 1 heterocycles. The van der Waals surface area contributed by atoms with E-state index in [-0.39, 0.29) is 105 Å². The molecule has 0 aromatic carbocycles. The number of rotatable bonds is 49. The van der Waals surface area contributed by atoms with Crippen molar-refractivity contribution in [3.05, 3.63) is 0 Å². The van der Waals surface area contributed by atoms with Crippen LogP contribution in [0.25, 0.3) is 0 Å². The Balaban J connectivity index is 1.76. The van der Waals surface area contributed by atoms with E-state index in [4.69, 9.17) is 90.4 Å². The molecule has 64 heavy (non-hydrogen) atoms. The Morgan fingerprint density at radius 3 is 1.06 bits per heavy atom. The van der Waals surface area contributed by atoms with E-state index in [1.807, 2.05) is 7.85 Å². The van der Waals surface area contributed by atoms with Crippen LogP contribution in [-0.4, -0.2) is 220 Å². The van der Waals surface area contributed by atoms with Gasteiger partial charge in [-0.1, -0.05) is 0 Å². The van der Waals surface area contributed by atoms with Crippen LogP contribution in [0.5, 0.6) is 0 Å². The molecule has 1 aliphatic rings. The second kappa shape index (κ2) is 41.4. The lowest BCUT2D eigenvalue weighted by Gasteiger charge is -2.19. The molecule has 1 rings (SSSR count). The second-order valence-corrected chi connectivity index (χ2v) is 17.5. The lowest BCUT2D eigenvalue weighted by atomic mass is 9.96. The Labute approximate surface area is 378 Å². The van der Waals surface area contributed by atoms with Gasteiger partial charge in [0, 0.05) is 19.5 Å². The molecule has 6 unspecified atom stereocenters. The van der Waals surface area contributed by atoms with E-state index < -0.39 is 29.6 Å². The molecule has 6 atom stereocenters. The van der Waals surface area contributed by atoms with Crippen LogP contribution in [0.1, 0.15) is 25.7 Å². The van der Waals surface area contributed by atoms with Crippen molar-refractivity contribution in [1.29, 1.82) is 0 Å². The van der Waals surface area contributed by atoms with E-state index in [1.165, 1.54) is 0 Å². The summed E-state index contributed by atoms with van der Waals surface area (Å²) in [6.45, 7) is 4.81. The minimum absolute atomic E-state index is 0.0193. The third-order valence-electron chi connectivity index (χ3n) is 7.97. The minimum Gasteiger partial charge on any atom is -0.379 e. The molecule has 0 aromatic heterocycles. The molecule has 0 aliphatic carbocycles. The van der Waals surface area contributed by atoms with Crippen LogP contribution < -0.4 is 0 Å². The van der Waals surface area contributed by atoms with Crippen LogP contribution in [0.3, 0.4) is 0 Å². The first kappa shape index (κ1) is 61.5. The molecule has 378 valence electrons. The number of hydrogen-bond donors (Lipinski definition) is 3. The molecular weight excluding hydrogens is 920 g/mol. The summed E-state index contributed by atoms with van der Waals surface area (Å²) in [6, 6.07) is -0.0193. The van der Waals surface area contributed by atoms with Gasteiger partial charge >= 0.3 is 23.5 Å². The monoisotopic (exact) mass is 992 g/mol. The maximum absolute atomic E-state index is 12.0. The molecule has 24 nitrogen and oxygen atoms in total. The summed E-state index contributed by atoms with van der Waals surface area (Å²) in [4.78, 5) is 29.2. The number of unbranched alkanes of at least 4 members (excludes halogenated alkanes) is 2. The number of phosphoric acid groups is 3. The maximum atomic E-state index is 12.0. The zero-order valence-electron chi connectivity index (χ0n) is 37.3. The van der Waals surface area contributed by atoms with Gasteiger partial charge in [0.2, 0.25) is 0 Å². The molecule has 0 saturated carbocycles. The van der Waals surface area contributed by atoms with Gasteiger partial charge in [-0.05, 0) is 19.3 Å². The topological polar surface area (TPSA) is 278 Å². The van der Waals surface area contributed by atoms with E-state index in [0.29, 0.717) is 105 Å². The Hall–Kier alpha value is -0.525. The van der Waals surface area contributed by atoms with Crippen LogP contribution in [0.15, 0.2) is 0 Å². The Morgan fingerprint density at radius 1 is 0.484 bits per heavy atom. The SMILES string of the molecule is BC1CC(OC)C(COP(=O)(O)OCCOCCOCCOCCOCCOCCOP(=O)(O)OCCOCCOCCOCCOCCOCCOP(=O)(O)OCCCCC#C)O1. The normalized spacial score (nSPS) is 19.3. The van der Waals surface area contributed by atoms with Crippen molar-refractivity contribution in [1.82, 2.24) is 0 Å². The summed E-state index contributed by atoms with van der Waals surface area (Å²) < 4.78 is 130. The van der Waals surface area contributed by atoms with E-state index in [2.05, 4.69) is 5.92 Å². The molecule has 0 aromatic rings. The Bertz CT molecular complexity index is 1270. The van der Waals surface area contributed by atoms with Gasteiger partial charge in [0.05, 0.1) is 178 Å². The third-order valence-corrected chi connectivity index (χ3v) is 11.0. The van der Waals surface area contributed by atoms with Gasteiger partial charge in [0.25, 0.3) is 0 Å². The highest BCUT2D eigenvalue weighted by molar-refractivity contribution is 7.47. The van der Waals surface area contributed by atoms with Crippen LogP contribution >= 0.6 is 23.5 Å². The van der Waals surface area contributed by atoms with Crippen molar-refractivity contribution in [2.75, 3.05) is 179 Å². The fraction of sp³-hybridized carbons (Fsp3) is 0.944. The second-order valence-electron chi connectivity index (χ2n) is 13.1. The highest BCUT2D eigenvalue weighted by atomic mass is 31.2. The van der Waals surface area contributed by atoms with Crippen LogP contribution in [-0.2, 0) is 97.7 Å². The van der Waals surface area contributed by atoms with Crippen molar-refractivity contribution in [2.45, 2.75) is 43.9 Å². The number of phosphoric ester groups is 3. The lowest BCUT2D eigenvalue weighted by molar-refractivity contribution is -0.0255. The molecule has 0 bridgehead atoms. The van der Waals surface area contributed by atoms with Gasteiger partial charge in [-0.25, -0.2) is 13.7 Å². The summed E-state index contributed by atoms with van der Waals surface area (Å²) in [5, 5.41) is 0. The fourth-order valence-corrected chi connectivity index (χ4v) is 7.05. The lowest BCUT2D eigenvalue weighted by Crippen LogP contribution is -2.28. The zero-order chi connectivity index (χ0) is 46.9. The first-order valence-corrected chi connectivity index (χ1v) is 25.6. The van der Waals surface area contributed by atoms with E-state index >= 15 is 0 Å². The van der Waals surface area contributed by atoms with Crippen molar-refractivity contribution < 1.29 is 112 Å². The van der Waals surface area contributed by atoms with Crippen molar-refractivity contribution in [2.24, 2.45) is 0 Å². The van der Waals surface area contributed by atoms with Gasteiger partial charge < -0.3 is 71.5 Å². The van der Waals surface area contributed by atoms with Crippen molar-refractivity contribution in [3.63, 3.8) is 0 Å². The van der Waals surface area contributed by atoms with Gasteiger partial charge in [-0.3, -0.25) is 27.1 Å². The number of terminal acetylenes is 1. The van der Waals surface area contributed by atoms with Crippen LogP contribution in [0.4, 0.5) is 0 Å². The van der Waals surface area contributed by atoms with E-state index in [0.717, 1.165) is 0 Å². The average Bonchev–Trinajstić information content (AvgIpc) is 3.63. The predicted molar refractivity (Wildman–Crippen MR) is 229 cm³/mol. The minimum atomic E-state index is -4.26. The number of hydrogen-bond acceptors (Lipinski definition) is 21. The highest BCUT2D eigenvalue weighted by Gasteiger charge is 2.35. The molecule has 0 amide bonds. The smallest absolute Gasteiger partial charge is 0.379 e. The number of ether oxygens (including phenoxy) is 12. The Kier molecular flexibility index (Phi) is 39.8. The van der Waals surface area contributed by atoms with Gasteiger partial charge in [-0.15, -0.1) is 12.3 Å². The maximum Gasteiger partial charge on any atom is 0.472 e. The first-order valence-electron chi connectivity index (χ1n) is 21.1. The fourth-order valence-electron chi connectivity index (χ4n) is 4.91. The van der Waals surface area contributed by atoms with Gasteiger partial charge in [-0.2, -0.15) is 0 Å². The molecule has 1 fully saturated rings. The third kappa shape index (κ3) is 39.5. The Morgan fingerprint density at radius 2 is 0.766 bits per heavy atom. The summed E-state index contributed by atoms with van der Waals surface area (Å²) in [7, 11) is -9.15. The van der Waals surface area contributed by atoms with Gasteiger partial charge in [0.1, 0.15) is 14.0 Å². The zero-order valence-corrected chi connectivity index (χ0v) is 40.0. The highest BCUT2D eigenvalue weighted by Crippen LogP contribution is 2.44. The molecule has 1 aliphatic heterocycles. The van der Waals surface area contributed by atoms with Gasteiger partial charge in [0.15, 0.2) is 0 Å². The summed E-state index contributed by atoms with van der Waals surface area (Å²) >= 11 is 0. The molecule has 28 heteroatoms. The number of methoxy groups -OCH3 is 1. The van der Waals surface area contributed by atoms with Crippen molar-refractivity contribution >= 4 is 31.3 Å². The molecule has 0 radical (unpaired) electrons. The standard InChI is InChI=1S/C36H72BO24P3/c1-3-4-5-6-7-55-62(38,39)56-28-24-51-20-16-47-12-8-45-9-13-48-17-21-52-25-29-57-63(40,41)58-30-26-53-22-18-49-14-10-46-11-15-50-19-23-54-27-31-59-64(42,43)60-33-35-34(44-2)32-36(37)61-35/h1,34-36H,4-33,37H2,2H3,(H,38,39)(H,40,41)(H,42,43).